The number of hydrogen-bond donors (Lipinski definition) is 1. The standard InChI is InChI=1S/C19H35NO2/c1-14-7-5-6-10-20(14)12-16(21)13-22-17-11-15-8-9-19(17,4)18(15,2)3/h14-17,21H,5-13H2,1-4H3/t14-,15-,16-,17+,19-/m0/s1. The van der Waals surface area contributed by atoms with Gasteiger partial charge in [0.2, 0.25) is 0 Å². The predicted octanol–water partition coefficient (Wildman–Crippen LogP) is 3.45. The molecular formula is C19H35NO2. The average molecular weight is 309 g/mol. The summed E-state index contributed by atoms with van der Waals surface area (Å²) in [7, 11) is 0. The van der Waals surface area contributed by atoms with Crippen LogP contribution in [0.1, 0.15) is 66.2 Å². The van der Waals surface area contributed by atoms with E-state index < -0.39 is 0 Å². The number of fused-ring (bicyclic) bond motifs is 2. The number of aliphatic hydroxyl groups excluding tert-OH is 1. The highest BCUT2D eigenvalue weighted by molar-refractivity contribution is 5.11. The van der Waals surface area contributed by atoms with E-state index in [0.717, 1.165) is 19.0 Å². The van der Waals surface area contributed by atoms with Crippen LogP contribution in [0.4, 0.5) is 0 Å². The molecule has 0 spiro atoms. The van der Waals surface area contributed by atoms with Crippen molar-refractivity contribution in [1.29, 1.82) is 0 Å². The lowest BCUT2D eigenvalue weighted by Crippen LogP contribution is -2.44. The molecule has 0 amide bonds. The van der Waals surface area contributed by atoms with Crippen molar-refractivity contribution in [2.45, 2.75) is 84.5 Å². The van der Waals surface area contributed by atoms with Gasteiger partial charge in [0.15, 0.2) is 0 Å². The molecular weight excluding hydrogens is 274 g/mol. The summed E-state index contributed by atoms with van der Waals surface area (Å²) in [6.45, 7) is 11.9. The first kappa shape index (κ1) is 16.7. The molecule has 0 aromatic carbocycles. The number of hydrogen-bond acceptors (Lipinski definition) is 3. The van der Waals surface area contributed by atoms with E-state index in [4.69, 9.17) is 4.74 Å². The monoisotopic (exact) mass is 309 g/mol. The van der Waals surface area contributed by atoms with E-state index in [1.807, 2.05) is 0 Å². The largest absolute Gasteiger partial charge is 0.389 e. The topological polar surface area (TPSA) is 32.7 Å². The molecule has 2 aliphatic carbocycles. The van der Waals surface area contributed by atoms with Crippen LogP contribution in [-0.4, -0.2) is 48.0 Å². The molecule has 0 aromatic rings. The first-order chi connectivity index (χ1) is 10.3. The van der Waals surface area contributed by atoms with E-state index in [9.17, 15) is 5.11 Å². The van der Waals surface area contributed by atoms with Gasteiger partial charge in [-0.1, -0.05) is 27.2 Å². The minimum atomic E-state index is -0.341. The van der Waals surface area contributed by atoms with Gasteiger partial charge in [-0.3, -0.25) is 4.90 Å². The van der Waals surface area contributed by atoms with Crippen molar-refractivity contribution in [3.05, 3.63) is 0 Å². The summed E-state index contributed by atoms with van der Waals surface area (Å²) < 4.78 is 6.24. The van der Waals surface area contributed by atoms with Gasteiger partial charge in [0.05, 0.1) is 18.8 Å². The van der Waals surface area contributed by atoms with Crippen LogP contribution in [0, 0.1) is 16.7 Å². The molecule has 3 rings (SSSR count). The highest BCUT2D eigenvalue weighted by Gasteiger charge is 2.61. The number of aliphatic hydroxyl groups is 1. The third kappa shape index (κ3) is 2.74. The quantitative estimate of drug-likeness (QED) is 0.844. The van der Waals surface area contributed by atoms with E-state index in [-0.39, 0.29) is 6.10 Å². The molecule has 2 saturated carbocycles. The molecule has 3 aliphatic rings. The number of piperidine rings is 1. The van der Waals surface area contributed by atoms with Gasteiger partial charge in [-0.25, -0.2) is 0 Å². The van der Waals surface area contributed by atoms with E-state index >= 15 is 0 Å². The van der Waals surface area contributed by atoms with Crippen molar-refractivity contribution in [3.8, 4) is 0 Å². The summed E-state index contributed by atoms with van der Waals surface area (Å²) in [5, 5.41) is 10.4. The Hall–Kier alpha value is -0.120. The Kier molecular flexibility index (Phi) is 4.61. The summed E-state index contributed by atoms with van der Waals surface area (Å²) >= 11 is 0. The van der Waals surface area contributed by atoms with Gasteiger partial charge in [0.25, 0.3) is 0 Å². The predicted molar refractivity (Wildman–Crippen MR) is 89.9 cm³/mol. The van der Waals surface area contributed by atoms with E-state index in [0.29, 0.717) is 29.6 Å². The maximum Gasteiger partial charge on any atom is 0.0900 e. The van der Waals surface area contributed by atoms with E-state index in [1.54, 1.807) is 0 Å². The molecule has 3 heteroatoms. The third-order valence-corrected chi connectivity index (χ3v) is 7.59. The molecule has 1 saturated heterocycles. The fraction of sp³-hybridized carbons (Fsp3) is 1.00. The smallest absolute Gasteiger partial charge is 0.0900 e. The lowest BCUT2D eigenvalue weighted by Gasteiger charge is -2.39. The van der Waals surface area contributed by atoms with Gasteiger partial charge < -0.3 is 9.84 Å². The molecule has 5 atom stereocenters. The van der Waals surface area contributed by atoms with Gasteiger partial charge in [0, 0.05) is 12.6 Å². The number of β-amino-alcohol motifs (C(OH)–C–C–N with tert-alkyl or cyclic N) is 1. The fourth-order valence-corrected chi connectivity index (χ4v) is 5.36. The zero-order chi connectivity index (χ0) is 16.0. The van der Waals surface area contributed by atoms with Crippen LogP contribution in [0.25, 0.3) is 0 Å². The Balaban J connectivity index is 1.49. The Labute approximate surface area is 136 Å². The van der Waals surface area contributed by atoms with E-state index in [1.165, 1.54) is 38.5 Å². The molecule has 3 fully saturated rings. The minimum absolute atomic E-state index is 0.301. The first-order valence-electron chi connectivity index (χ1n) is 9.38. The molecule has 0 radical (unpaired) electrons. The second-order valence-corrected chi connectivity index (χ2v) is 8.93. The van der Waals surface area contributed by atoms with Gasteiger partial charge in [0.1, 0.15) is 0 Å². The van der Waals surface area contributed by atoms with Crippen LogP contribution < -0.4 is 0 Å². The zero-order valence-electron chi connectivity index (χ0n) is 15.0. The molecule has 1 N–H and O–H groups in total. The van der Waals surface area contributed by atoms with Crippen LogP contribution in [0.5, 0.6) is 0 Å². The number of likely N-dealkylation sites (tertiary alicyclic amines) is 1. The highest BCUT2D eigenvalue weighted by Crippen LogP contribution is 2.66. The molecule has 3 nitrogen and oxygen atoms in total. The van der Waals surface area contributed by atoms with Crippen molar-refractivity contribution in [1.82, 2.24) is 4.90 Å². The maximum absolute atomic E-state index is 10.4. The lowest BCUT2D eigenvalue weighted by molar-refractivity contribution is -0.0816. The van der Waals surface area contributed by atoms with E-state index in [2.05, 4.69) is 32.6 Å². The summed E-state index contributed by atoms with van der Waals surface area (Å²) in [5.74, 6) is 0.807. The van der Waals surface area contributed by atoms with Crippen molar-refractivity contribution in [2.24, 2.45) is 16.7 Å². The van der Waals surface area contributed by atoms with Crippen LogP contribution in [-0.2, 0) is 4.74 Å². The van der Waals surface area contributed by atoms with Gasteiger partial charge >= 0.3 is 0 Å². The van der Waals surface area contributed by atoms with Crippen LogP contribution in [0.3, 0.4) is 0 Å². The number of nitrogens with zero attached hydrogens (tertiary/aromatic N) is 1. The first-order valence-corrected chi connectivity index (χ1v) is 9.38. The molecule has 0 aromatic heterocycles. The fourth-order valence-electron chi connectivity index (χ4n) is 5.36. The summed E-state index contributed by atoms with van der Waals surface area (Å²) in [6.07, 6.45) is 7.71. The van der Waals surface area contributed by atoms with Crippen molar-refractivity contribution >= 4 is 0 Å². The van der Waals surface area contributed by atoms with Gasteiger partial charge in [-0.05, 0) is 62.3 Å². The molecule has 1 heterocycles. The minimum Gasteiger partial charge on any atom is -0.389 e. The second kappa shape index (κ2) is 6.07. The molecule has 22 heavy (non-hydrogen) atoms. The summed E-state index contributed by atoms with van der Waals surface area (Å²) in [5.41, 5.74) is 0.694. The molecule has 128 valence electrons. The average Bonchev–Trinajstić information content (AvgIpc) is 2.80. The Morgan fingerprint density at radius 3 is 2.59 bits per heavy atom. The van der Waals surface area contributed by atoms with Gasteiger partial charge in [-0.15, -0.1) is 0 Å². The Morgan fingerprint density at radius 1 is 1.23 bits per heavy atom. The molecule has 0 unspecified atom stereocenters. The third-order valence-electron chi connectivity index (χ3n) is 7.59. The summed E-state index contributed by atoms with van der Waals surface area (Å²) in [4.78, 5) is 2.43. The van der Waals surface area contributed by atoms with Crippen LogP contribution >= 0.6 is 0 Å². The lowest BCUT2D eigenvalue weighted by atomic mass is 9.70. The Morgan fingerprint density at radius 2 is 2.00 bits per heavy atom. The maximum atomic E-state index is 10.4. The molecule has 2 bridgehead atoms. The molecule has 1 aliphatic heterocycles. The number of rotatable bonds is 5. The normalized spacial score (nSPS) is 42.7. The van der Waals surface area contributed by atoms with Crippen molar-refractivity contribution in [3.63, 3.8) is 0 Å². The highest BCUT2D eigenvalue weighted by atomic mass is 16.5. The van der Waals surface area contributed by atoms with Crippen molar-refractivity contribution < 1.29 is 9.84 Å². The van der Waals surface area contributed by atoms with Gasteiger partial charge in [-0.2, -0.15) is 0 Å². The van der Waals surface area contributed by atoms with Crippen LogP contribution in [0.2, 0.25) is 0 Å². The van der Waals surface area contributed by atoms with Crippen molar-refractivity contribution in [2.75, 3.05) is 19.7 Å². The number of ether oxygens (including phenoxy) is 1. The summed E-state index contributed by atoms with van der Waals surface area (Å²) in [6, 6.07) is 0.613. The SMILES string of the molecule is C[C@H]1CCCCN1C[C@H](O)CO[C@@H]1C[C@@H]2CC[C@]1(C)C2(C)C. The van der Waals surface area contributed by atoms with Crippen LogP contribution in [0.15, 0.2) is 0 Å². The second-order valence-electron chi connectivity index (χ2n) is 8.93. The Bertz CT molecular complexity index is 397. The zero-order valence-corrected chi connectivity index (χ0v) is 15.0.